The topological polar surface area (TPSA) is 21.6 Å². The molecule has 1 aliphatic heterocycles. The van der Waals surface area contributed by atoms with E-state index in [-0.39, 0.29) is 0 Å². The van der Waals surface area contributed by atoms with E-state index in [0.717, 1.165) is 18.8 Å². The predicted octanol–water partition coefficient (Wildman–Crippen LogP) is 2.64. The smallest absolute Gasteiger partial charge is 0.126 e. The minimum atomic E-state index is 0.780. The van der Waals surface area contributed by atoms with Crippen LogP contribution in [0.4, 0.5) is 0 Å². The molecule has 0 fully saturated rings. The third-order valence-corrected chi connectivity index (χ3v) is 2.59. The summed E-state index contributed by atoms with van der Waals surface area (Å²) in [6, 6.07) is 0. The molecular formula is C8H15NOS. The Kier molecular flexibility index (Phi) is 4.43. The minimum absolute atomic E-state index is 0.780. The number of nitrogens with zero attached hydrogens (tertiary/aromatic N) is 1. The first kappa shape index (κ1) is 8.91. The molecule has 0 aromatic carbocycles. The van der Waals surface area contributed by atoms with Gasteiger partial charge >= 0.3 is 0 Å². The fraction of sp³-hybridized carbons (Fsp3) is 0.875. The molecule has 1 heterocycles. The van der Waals surface area contributed by atoms with Crippen molar-refractivity contribution in [1.82, 2.24) is 0 Å². The first-order valence-electron chi connectivity index (χ1n) is 4.25. The van der Waals surface area contributed by atoms with E-state index in [4.69, 9.17) is 4.84 Å². The van der Waals surface area contributed by atoms with Gasteiger partial charge in [0.2, 0.25) is 0 Å². The minimum Gasteiger partial charge on any atom is -0.394 e. The van der Waals surface area contributed by atoms with E-state index in [1.807, 2.05) is 11.8 Å². The van der Waals surface area contributed by atoms with E-state index >= 15 is 0 Å². The Bertz CT molecular complexity index is 136. The number of hydrogen-bond acceptors (Lipinski definition) is 3. The molecule has 11 heavy (non-hydrogen) atoms. The first-order valence-corrected chi connectivity index (χ1v) is 5.23. The van der Waals surface area contributed by atoms with Crippen molar-refractivity contribution in [3.05, 3.63) is 0 Å². The average molecular weight is 173 g/mol. The molecule has 3 heteroatoms. The van der Waals surface area contributed by atoms with E-state index in [2.05, 4.69) is 12.1 Å². The lowest BCUT2D eigenvalue weighted by Gasteiger charge is -2.10. The molecule has 0 spiro atoms. The van der Waals surface area contributed by atoms with Crippen LogP contribution in [0.2, 0.25) is 0 Å². The van der Waals surface area contributed by atoms with Gasteiger partial charge in [-0.1, -0.05) is 24.9 Å². The molecule has 0 atom stereocenters. The average Bonchev–Trinajstić information content (AvgIpc) is 2.07. The van der Waals surface area contributed by atoms with Gasteiger partial charge in [-0.3, -0.25) is 0 Å². The molecule has 0 radical (unpaired) electrons. The number of oxime groups is 1. The van der Waals surface area contributed by atoms with Gasteiger partial charge in [-0.05, 0) is 12.8 Å². The Morgan fingerprint density at radius 2 is 2.45 bits per heavy atom. The SMILES string of the molecule is CCCCCC1=NOCCS1. The van der Waals surface area contributed by atoms with E-state index in [9.17, 15) is 0 Å². The third-order valence-electron chi connectivity index (χ3n) is 1.60. The van der Waals surface area contributed by atoms with Crippen molar-refractivity contribution >= 4 is 16.8 Å². The molecule has 0 unspecified atom stereocenters. The second kappa shape index (κ2) is 5.47. The Morgan fingerprint density at radius 3 is 3.09 bits per heavy atom. The van der Waals surface area contributed by atoms with Gasteiger partial charge in [0, 0.05) is 5.75 Å². The summed E-state index contributed by atoms with van der Waals surface area (Å²) in [6.07, 6.45) is 4.95. The summed E-state index contributed by atoms with van der Waals surface area (Å²) in [5.41, 5.74) is 0. The van der Waals surface area contributed by atoms with Gasteiger partial charge in [0.25, 0.3) is 0 Å². The van der Waals surface area contributed by atoms with Crippen molar-refractivity contribution in [3.8, 4) is 0 Å². The molecule has 1 rings (SSSR count). The molecule has 2 nitrogen and oxygen atoms in total. The summed E-state index contributed by atoms with van der Waals surface area (Å²) >= 11 is 1.84. The van der Waals surface area contributed by atoms with E-state index in [1.165, 1.54) is 24.3 Å². The van der Waals surface area contributed by atoms with Crippen LogP contribution in [0, 0.1) is 0 Å². The van der Waals surface area contributed by atoms with Gasteiger partial charge in [0.15, 0.2) is 0 Å². The van der Waals surface area contributed by atoms with Crippen molar-refractivity contribution < 1.29 is 4.84 Å². The van der Waals surface area contributed by atoms with Gasteiger partial charge in [0.05, 0.1) is 0 Å². The van der Waals surface area contributed by atoms with Gasteiger partial charge < -0.3 is 4.84 Å². The van der Waals surface area contributed by atoms with Gasteiger partial charge in [-0.15, -0.1) is 11.8 Å². The molecule has 0 aliphatic carbocycles. The molecule has 0 saturated heterocycles. The summed E-state index contributed by atoms with van der Waals surface area (Å²) < 4.78 is 0. The van der Waals surface area contributed by atoms with E-state index < -0.39 is 0 Å². The van der Waals surface area contributed by atoms with Crippen molar-refractivity contribution in [2.75, 3.05) is 12.4 Å². The Hall–Kier alpha value is -0.180. The first-order chi connectivity index (χ1) is 5.43. The monoisotopic (exact) mass is 173 g/mol. The standard InChI is InChI=1S/C8H15NOS/c1-2-3-4-5-8-9-10-6-7-11-8/h2-7H2,1H3. The Labute approximate surface area is 72.4 Å². The van der Waals surface area contributed by atoms with Crippen molar-refractivity contribution in [2.45, 2.75) is 32.6 Å². The van der Waals surface area contributed by atoms with Crippen molar-refractivity contribution in [1.29, 1.82) is 0 Å². The highest BCUT2D eigenvalue weighted by atomic mass is 32.2. The van der Waals surface area contributed by atoms with Crippen molar-refractivity contribution in [3.63, 3.8) is 0 Å². The summed E-state index contributed by atoms with van der Waals surface area (Å²) in [5, 5.41) is 5.17. The lowest BCUT2D eigenvalue weighted by atomic mass is 10.2. The maximum Gasteiger partial charge on any atom is 0.126 e. The maximum absolute atomic E-state index is 4.98. The number of thioether (sulfide) groups is 1. The fourth-order valence-corrected chi connectivity index (χ4v) is 1.77. The predicted molar refractivity (Wildman–Crippen MR) is 50.0 cm³/mol. The zero-order valence-electron chi connectivity index (χ0n) is 7.01. The summed E-state index contributed by atoms with van der Waals surface area (Å²) in [7, 11) is 0. The van der Waals surface area contributed by atoms with Crippen LogP contribution in [0.3, 0.4) is 0 Å². The molecule has 0 saturated carbocycles. The number of hydrogen-bond donors (Lipinski definition) is 0. The molecule has 0 aromatic heterocycles. The molecule has 0 aromatic rings. The van der Waals surface area contributed by atoms with Gasteiger partial charge in [-0.2, -0.15) is 0 Å². The molecule has 0 N–H and O–H groups in total. The van der Waals surface area contributed by atoms with Crippen LogP contribution >= 0.6 is 11.8 Å². The third kappa shape index (κ3) is 3.65. The Morgan fingerprint density at radius 1 is 1.55 bits per heavy atom. The molecule has 64 valence electrons. The number of unbranched alkanes of at least 4 members (excludes halogenated alkanes) is 2. The molecule has 0 amide bonds. The lowest BCUT2D eigenvalue weighted by molar-refractivity contribution is 0.159. The quantitative estimate of drug-likeness (QED) is 0.609. The van der Waals surface area contributed by atoms with Crippen LogP contribution in [-0.4, -0.2) is 17.4 Å². The molecular weight excluding hydrogens is 158 g/mol. The molecule has 0 bridgehead atoms. The normalized spacial score (nSPS) is 17.4. The summed E-state index contributed by atoms with van der Waals surface area (Å²) in [6.45, 7) is 2.99. The van der Waals surface area contributed by atoms with Gasteiger partial charge in [0.1, 0.15) is 11.7 Å². The maximum atomic E-state index is 4.98. The van der Waals surface area contributed by atoms with Gasteiger partial charge in [-0.25, -0.2) is 0 Å². The number of rotatable bonds is 4. The summed E-state index contributed by atoms with van der Waals surface area (Å²) in [5.74, 6) is 1.07. The fourth-order valence-electron chi connectivity index (χ4n) is 0.985. The Balaban J connectivity index is 2.09. The second-order valence-corrected chi connectivity index (χ2v) is 3.79. The zero-order valence-corrected chi connectivity index (χ0v) is 7.82. The largest absolute Gasteiger partial charge is 0.394 e. The van der Waals surface area contributed by atoms with Crippen LogP contribution in [0.5, 0.6) is 0 Å². The van der Waals surface area contributed by atoms with Crippen LogP contribution in [0.1, 0.15) is 32.6 Å². The van der Waals surface area contributed by atoms with Crippen molar-refractivity contribution in [2.24, 2.45) is 5.16 Å². The van der Waals surface area contributed by atoms with E-state index in [0.29, 0.717) is 0 Å². The second-order valence-electron chi connectivity index (χ2n) is 2.62. The highest BCUT2D eigenvalue weighted by Crippen LogP contribution is 2.15. The lowest BCUT2D eigenvalue weighted by Crippen LogP contribution is -2.05. The van der Waals surface area contributed by atoms with Crippen LogP contribution in [-0.2, 0) is 4.84 Å². The molecule has 1 aliphatic rings. The van der Waals surface area contributed by atoms with Crippen LogP contribution in [0.25, 0.3) is 0 Å². The highest BCUT2D eigenvalue weighted by molar-refractivity contribution is 8.14. The zero-order chi connectivity index (χ0) is 7.94. The highest BCUT2D eigenvalue weighted by Gasteiger charge is 2.05. The van der Waals surface area contributed by atoms with Crippen LogP contribution in [0.15, 0.2) is 5.16 Å². The summed E-state index contributed by atoms with van der Waals surface area (Å²) in [4.78, 5) is 4.98. The van der Waals surface area contributed by atoms with Crippen LogP contribution < -0.4 is 0 Å². The van der Waals surface area contributed by atoms with E-state index in [1.54, 1.807) is 0 Å².